The molecule has 4 aromatic rings. The second kappa shape index (κ2) is 8.16. The molecule has 2 N–H and O–H groups in total. The van der Waals surface area contributed by atoms with E-state index in [1.807, 2.05) is 18.2 Å². The molecule has 2 atom stereocenters. The van der Waals surface area contributed by atoms with Crippen LogP contribution in [0.5, 0.6) is 5.75 Å². The summed E-state index contributed by atoms with van der Waals surface area (Å²) in [7, 11) is 0. The standard InChI is InChI=1S/C23H23FN6O2/c1-14(31)9-16-11-18(27-13-26-16)20-12-25-22-6-7-23(28-30(20)22)29-8-2-3-19(29)17-10-15(24)4-5-21(17)32/h4-7,10-14,19,31-32H,2-3,8-9H2,1H3/t14-,19+/m0/s1. The fraction of sp³-hybridized carbons (Fsp3) is 0.304. The van der Waals surface area contributed by atoms with E-state index in [1.54, 1.807) is 17.6 Å². The average molecular weight is 434 g/mol. The molecule has 0 spiro atoms. The van der Waals surface area contributed by atoms with Crippen LogP contribution in [0.15, 0.2) is 48.9 Å². The number of hydrogen-bond donors (Lipinski definition) is 2. The zero-order valence-electron chi connectivity index (χ0n) is 17.6. The number of anilines is 1. The third-order valence-corrected chi connectivity index (χ3v) is 5.73. The maximum absolute atomic E-state index is 13.9. The number of phenolic OH excluding ortho intramolecular Hbond substituents is 1. The van der Waals surface area contributed by atoms with E-state index in [2.05, 4.69) is 19.9 Å². The first-order valence-electron chi connectivity index (χ1n) is 10.6. The lowest BCUT2D eigenvalue weighted by atomic mass is 10.0. The second-order valence-electron chi connectivity index (χ2n) is 8.11. The predicted octanol–water partition coefficient (Wildman–Crippen LogP) is 3.30. The van der Waals surface area contributed by atoms with Crippen LogP contribution in [0.25, 0.3) is 17.0 Å². The van der Waals surface area contributed by atoms with Crippen LogP contribution < -0.4 is 4.90 Å². The molecule has 3 aromatic heterocycles. The first-order valence-corrected chi connectivity index (χ1v) is 10.6. The molecule has 8 nitrogen and oxygen atoms in total. The van der Waals surface area contributed by atoms with Gasteiger partial charge < -0.3 is 15.1 Å². The summed E-state index contributed by atoms with van der Waals surface area (Å²) in [6.45, 7) is 2.46. The van der Waals surface area contributed by atoms with E-state index in [9.17, 15) is 14.6 Å². The van der Waals surface area contributed by atoms with Crippen LogP contribution in [0.1, 0.15) is 37.1 Å². The van der Waals surface area contributed by atoms with E-state index in [0.29, 0.717) is 34.8 Å². The van der Waals surface area contributed by atoms with E-state index in [1.165, 1.54) is 24.5 Å². The molecule has 0 unspecified atom stereocenters. The van der Waals surface area contributed by atoms with Gasteiger partial charge >= 0.3 is 0 Å². The molecule has 4 heterocycles. The number of aromatic nitrogens is 5. The maximum atomic E-state index is 13.9. The van der Waals surface area contributed by atoms with Crippen molar-refractivity contribution in [3.8, 4) is 17.1 Å². The highest BCUT2D eigenvalue weighted by Gasteiger charge is 2.30. The van der Waals surface area contributed by atoms with Crippen molar-refractivity contribution in [2.45, 2.75) is 38.3 Å². The third-order valence-electron chi connectivity index (χ3n) is 5.73. The number of aliphatic hydroxyl groups excluding tert-OH is 1. The normalized spacial score (nSPS) is 17.2. The molecule has 1 fully saturated rings. The van der Waals surface area contributed by atoms with Crippen LogP contribution in [0.3, 0.4) is 0 Å². The van der Waals surface area contributed by atoms with Crippen molar-refractivity contribution in [3.05, 3.63) is 66.0 Å². The van der Waals surface area contributed by atoms with E-state index < -0.39 is 6.10 Å². The van der Waals surface area contributed by atoms with E-state index >= 15 is 0 Å². The fourth-order valence-corrected chi connectivity index (χ4v) is 4.30. The highest BCUT2D eigenvalue weighted by molar-refractivity contribution is 5.61. The maximum Gasteiger partial charge on any atom is 0.154 e. The van der Waals surface area contributed by atoms with Crippen molar-refractivity contribution in [1.29, 1.82) is 0 Å². The molecule has 1 aliphatic heterocycles. The Morgan fingerprint density at radius 3 is 2.88 bits per heavy atom. The van der Waals surface area contributed by atoms with Gasteiger partial charge in [0.1, 0.15) is 29.4 Å². The molecule has 0 bridgehead atoms. The van der Waals surface area contributed by atoms with Gasteiger partial charge in [-0.3, -0.25) is 0 Å². The summed E-state index contributed by atoms with van der Waals surface area (Å²) < 4.78 is 15.6. The molecule has 5 rings (SSSR count). The molecule has 0 radical (unpaired) electrons. The summed E-state index contributed by atoms with van der Waals surface area (Å²) in [5.74, 6) is 0.419. The predicted molar refractivity (Wildman–Crippen MR) is 117 cm³/mol. The van der Waals surface area contributed by atoms with Gasteiger partial charge in [-0.1, -0.05) is 0 Å². The van der Waals surface area contributed by atoms with E-state index in [0.717, 1.165) is 25.1 Å². The zero-order valence-corrected chi connectivity index (χ0v) is 17.6. The summed E-state index contributed by atoms with van der Waals surface area (Å²) in [6.07, 6.45) is 4.81. The Hall–Kier alpha value is -3.59. The van der Waals surface area contributed by atoms with Gasteiger partial charge in [-0.05, 0) is 56.2 Å². The Morgan fingerprint density at radius 2 is 2.03 bits per heavy atom. The van der Waals surface area contributed by atoms with Gasteiger partial charge in [0.25, 0.3) is 0 Å². The highest BCUT2D eigenvalue weighted by atomic mass is 19.1. The fourth-order valence-electron chi connectivity index (χ4n) is 4.30. The Balaban J connectivity index is 1.53. The Bertz CT molecular complexity index is 1270. The second-order valence-corrected chi connectivity index (χ2v) is 8.11. The van der Waals surface area contributed by atoms with Crippen LogP contribution in [0, 0.1) is 5.82 Å². The molecule has 1 saturated heterocycles. The van der Waals surface area contributed by atoms with Crippen molar-refractivity contribution in [3.63, 3.8) is 0 Å². The number of aliphatic hydroxyl groups is 1. The molecular weight excluding hydrogens is 411 g/mol. The van der Waals surface area contributed by atoms with Crippen molar-refractivity contribution in [2.75, 3.05) is 11.4 Å². The number of phenols is 1. The monoisotopic (exact) mass is 434 g/mol. The van der Waals surface area contributed by atoms with Crippen molar-refractivity contribution in [2.24, 2.45) is 0 Å². The molecular formula is C23H23FN6O2. The summed E-state index contributed by atoms with van der Waals surface area (Å²) >= 11 is 0. The van der Waals surface area contributed by atoms with Gasteiger partial charge in [-0.25, -0.2) is 23.9 Å². The Morgan fingerprint density at radius 1 is 1.16 bits per heavy atom. The Labute approximate surface area is 184 Å². The molecule has 1 aromatic carbocycles. The number of nitrogens with zero attached hydrogens (tertiary/aromatic N) is 6. The lowest BCUT2D eigenvalue weighted by Gasteiger charge is -2.26. The lowest BCUT2D eigenvalue weighted by molar-refractivity contribution is 0.194. The SMILES string of the molecule is C[C@H](O)Cc1cc(-c2cnc3ccc(N4CCC[C@@H]4c4cc(F)ccc4O)nn23)ncn1. The number of rotatable bonds is 5. The van der Waals surface area contributed by atoms with Crippen molar-refractivity contribution >= 4 is 11.5 Å². The Kier molecular flexibility index (Phi) is 5.18. The molecule has 9 heteroatoms. The molecule has 1 aliphatic rings. The number of hydrogen-bond acceptors (Lipinski definition) is 7. The topological polar surface area (TPSA) is 99.7 Å². The number of halogens is 1. The van der Waals surface area contributed by atoms with Crippen molar-refractivity contribution < 1.29 is 14.6 Å². The van der Waals surface area contributed by atoms with Gasteiger partial charge in [0.05, 0.1) is 24.0 Å². The van der Waals surface area contributed by atoms with Gasteiger partial charge in [0.2, 0.25) is 0 Å². The summed E-state index contributed by atoms with van der Waals surface area (Å²) in [5.41, 5.74) is 3.34. The van der Waals surface area contributed by atoms with Gasteiger partial charge in [0, 0.05) is 24.2 Å². The smallest absolute Gasteiger partial charge is 0.154 e. The first-order chi connectivity index (χ1) is 15.5. The largest absolute Gasteiger partial charge is 0.508 e. The quantitative estimate of drug-likeness (QED) is 0.497. The molecule has 32 heavy (non-hydrogen) atoms. The van der Waals surface area contributed by atoms with Gasteiger partial charge in [0.15, 0.2) is 5.65 Å². The molecule has 0 amide bonds. The van der Waals surface area contributed by atoms with Crippen molar-refractivity contribution in [1.82, 2.24) is 24.6 Å². The minimum absolute atomic E-state index is 0.0827. The number of imidazole rings is 1. The minimum atomic E-state index is -0.504. The minimum Gasteiger partial charge on any atom is -0.508 e. The van der Waals surface area contributed by atoms with E-state index in [-0.39, 0.29) is 17.6 Å². The van der Waals surface area contributed by atoms with Gasteiger partial charge in [-0.15, -0.1) is 5.10 Å². The van der Waals surface area contributed by atoms with Crippen LogP contribution in [0.2, 0.25) is 0 Å². The molecule has 0 saturated carbocycles. The number of aromatic hydroxyl groups is 1. The number of benzene rings is 1. The summed E-state index contributed by atoms with van der Waals surface area (Å²) in [4.78, 5) is 15.1. The van der Waals surface area contributed by atoms with Crippen LogP contribution in [-0.2, 0) is 6.42 Å². The summed E-state index contributed by atoms with van der Waals surface area (Å²) in [5, 5.41) is 24.8. The van der Waals surface area contributed by atoms with Crippen LogP contribution >= 0.6 is 0 Å². The zero-order chi connectivity index (χ0) is 22.2. The number of fused-ring (bicyclic) bond motifs is 1. The lowest BCUT2D eigenvalue weighted by Crippen LogP contribution is -2.24. The third kappa shape index (κ3) is 3.75. The van der Waals surface area contributed by atoms with Crippen LogP contribution in [0.4, 0.5) is 10.2 Å². The molecule has 0 aliphatic carbocycles. The average Bonchev–Trinajstić information content (AvgIpc) is 3.42. The van der Waals surface area contributed by atoms with Gasteiger partial charge in [-0.2, -0.15) is 0 Å². The summed E-state index contributed by atoms with van der Waals surface area (Å²) in [6, 6.07) is 9.47. The highest BCUT2D eigenvalue weighted by Crippen LogP contribution is 2.39. The van der Waals surface area contributed by atoms with Crippen LogP contribution in [-0.4, -0.2) is 47.4 Å². The molecule has 164 valence electrons. The first kappa shape index (κ1) is 20.3. The van der Waals surface area contributed by atoms with E-state index in [4.69, 9.17) is 5.10 Å².